The van der Waals surface area contributed by atoms with Crippen LogP contribution in [-0.2, 0) is 15.6 Å². The summed E-state index contributed by atoms with van der Waals surface area (Å²) >= 11 is 13.5. The minimum Gasteiger partial charge on any atom is -0.342 e. The predicted molar refractivity (Wildman–Crippen MR) is 122 cm³/mol. The minimum atomic E-state index is -3.52. The first-order chi connectivity index (χ1) is 14.6. The summed E-state index contributed by atoms with van der Waals surface area (Å²) in [6.07, 6.45) is 4.49. The van der Waals surface area contributed by atoms with Gasteiger partial charge in [0, 0.05) is 23.0 Å². The fraction of sp³-hybridized carbons (Fsp3) is 0.263. The lowest BCUT2D eigenvalue weighted by Gasteiger charge is -2.15. The SMILES string of the molecule is CSCc1nc(C(C)NC(=O)c2cc(Cl)cc(S(C)(=O)=O)c2)n(-c2ccc(Cl)cn2)n1. The monoisotopic (exact) mass is 499 g/mol. The predicted octanol–water partition coefficient (Wildman–Crippen LogP) is 3.73. The van der Waals surface area contributed by atoms with Crippen LogP contribution in [0.2, 0.25) is 10.0 Å². The molecule has 0 saturated heterocycles. The van der Waals surface area contributed by atoms with Gasteiger partial charge in [0.2, 0.25) is 0 Å². The molecule has 31 heavy (non-hydrogen) atoms. The van der Waals surface area contributed by atoms with Gasteiger partial charge in [-0.1, -0.05) is 23.2 Å². The molecular formula is C19H19Cl2N5O3S2. The molecule has 0 aliphatic rings. The van der Waals surface area contributed by atoms with E-state index in [0.29, 0.717) is 28.2 Å². The lowest BCUT2D eigenvalue weighted by Crippen LogP contribution is -2.29. The van der Waals surface area contributed by atoms with Crippen LogP contribution >= 0.6 is 35.0 Å². The molecule has 0 bridgehead atoms. The Labute approximate surface area is 194 Å². The number of aromatic nitrogens is 4. The molecule has 3 rings (SSSR count). The number of amides is 1. The maximum absolute atomic E-state index is 12.8. The van der Waals surface area contributed by atoms with Crippen LogP contribution in [0.4, 0.5) is 0 Å². The number of hydrogen-bond acceptors (Lipinski definition) is 7. The summed E-state index contributed by atoms with van der Waals surface area (Å²) in [6, 6.07) is 6.82. The Kier molecular flexibility index (Phi) is 7.25. The summed E-state index contributed by atoms with van der Waals surface area (Å²) in [5, 5.41) is 7.94. The van der Waals surface area contributed by atoms with Crippen LogP contribution in [0.15, 0.2) is 41.4 Å². The molecule has 0 aliphatic carbocycles. The van der Waals surface area contributed by atoms with Crippen molar-refractivity contribution < 1.29 is 13.2 Å². The smallest absolute Gasteiger partial charge is 0.251 e. The number of nitrogens with one attached hydrogen (secondary N) is 1. The summed E-state index contributed by atoms with van der Waals surface area (Å²) < 4.78 is 25.3. The van der Waals surface area contributed by atoms with Gasteiger partial charge in [0.15, 0.2) is 27.3 Å². The molecule has 1 amide bonds. The minimum absolute atomic E-state index is 0.0337. The summed E-state index contributed by atoms with van der Waals surface area (Å²) in [6.45, 7) is 1.75. The number of thioether (sulfide) groups is 1. The molecule has 164 valence electrons. The van der Waals surface area contributed by atoms with Crippen molar-refractivity contribution in [3.8, 4) is 5.82 Å². The molecule has 0 radical (unpaired) electrons. The Bertz CT molecular complexity index is 1210. The Morgan fingerprint density at radius 3 is 2.58 bits per heavy atom. The zero-order chi connectivity index (χ0) is 22.8. The number of sulfone groups is 1. The number of pyridine rings is 1. The van der Waals surface area contributed by atoms with E-state index in [2.05, 4.69) is 20.4 Å². The topological polar surface area (TPSA) is 107 Å². The third kappa shape index (κ3) is 5.76. The number of carbonyl (C=O) groups excluding carboxylic acids is 1. The van der Waals surface area contributed by atoms with Gasteiger partial charge >= 0.3 is 0 Å². The zero-order valence-electron chi connectivity index (χ0n) is 16.8. The quantitative estimate of drug-likeness (QED) is 0.527. The van der Waals surface area contributed by atoms with Crippen LogP contribution in [0.25, 0.3) is 5.82 Å². The molecule has 8 nitrogen and oxygen atoms in total. The number of rotatable bonds is 7. The second-order valence-corrected chi connectivity index (χ2v) is 10.5. The lowest BCUT2D eigenvalue weighted by atomic mass is 10.2. The molecule has 2 heterocycles. The van der Waals surface area contributed by atoms with Gasteiger partial charge < -0.3 is 5.32 Å². The van der Waals surface area contributed by atoms with Crippen LogP contribution in [0.1, 0.15) is 35.0 Å². The highest BCUT2D eigenvalue weighted by atomic mass is 35.5. The van der Waals surface area contributed by atoms with Gasteiger partial charge in [-0.2, -0.15) is 16.4 Å². The highest BCUT2D eigenvalue weighted by molar-refractivity contribution is 7.97. The second-order valence-electron chi connectivity index (χ2n) is 6.71. The third-order valence-electron chi connectivity index (χ3n) is 4.17. The Morgan fingerprint density at radius 2 is 1.97 bits per heavy atom. The maximum Gasteiger partial charge on any atom is 0.251 e. The molecule has 0 aliphatic heterocycles. The van der Waals surface area contributed by atoms with Crippen molar-refractivity contribution in [1.82, 2.24) is 25.1 Å². The van der Waals surface area contributed by atoms with Crippen LogP contribution in [0.3, 0.4) is 0 Å². The van der Waals surface area contributed by atoms with E-state index in [0.717, 1.165) is 6.26 Å². The highest BCUT2D eigenvalue weighted by Crippen LogP contribution is 2.21. The first-order valence-electron chi connectivity index (χ1n) is 8.96. The van der Waals surface area contributed by atoms with Crippen LogP contribution in [0, 0.1) is 0 Å². The Hall–Kier alpha value is -2.14. The first kappa shape index (κ1) is 23.5. The number of hydrogen-bond donors (Lipinski definition) is 1. The average molecular weight is 500 g/mol. The molecule has 0 spiro atoms. The van der Waals surface area contributed by atoms with Crippen molar-refractivity contribution in [3.63, 3.8) is 0 Å². The maximum atomic E-state index is 12.8. The third-order valence-corrected chi connectivity index (χ3v) is 6.26. The van der Waals surface area contributed by atoms with Crippen LogP contribution in [0.5, 0.6) is 0 Å². The van der Waals surface area contributed by atoms with Crippen molar-refractivity contribution in [3.05, 3.63) is 63.8 Å². The summed E-state index contributed by atoms with van der Waals surface area (Å²) in [4.78, 5) is 21.6. The van der Waals surface area contributed by atoms with E-state index < -0.39 is 21.8 Å². The van der Waals surface area contributed by atoms with Gasteiger partial charge in [-0.3, -0.25) is 4.79 Å². The Morgan fingerprint density at radius 1 is 1.23 bits per heavy atom. The summed E-state index contributed by atoms with van der Waals surface area (Å²) in [5.74, 6) is 1.65. The van der Waals surface area contributed by atoms with Crippen molar-refractivity contribution in [2.24, 2.45) is 0 Å². The first-order valence-corrected chi connectivity index (χ1v) is 13.0. The standard InChI is InChI=1S/C19H19Cl2N5O3S2/c1-11(23-19(27)12-6-14(21)8-15(7-12)31(3,28)29)18-24-16(10-30-2)25-26(18)17-5-4-13(20)9-22-17/h4-9,11H,10H2,1-3H3,(H,23,27). The molecule has 1 unspecified atom stereocenters. The number of halogens is 2. The second kappa shape index (κ2) is 9.56. The molecule has 0 fully saturated rings. The van der Waals surface area contributed by atoms with E-state index in [1.54, 1.807) is 35.5 Å². The van der Waals surface area contributed by atoms with Gasteiger partial charge in [0.25, 0.3) is 5.91 Å². The van der Waals surface area contributed by atoms with Crippen molar-refractivity contribution in [2.45, 2.75) is 23.6 Å². The van der Waals surface area contributed by atoms with E-state index in [1.165, 1.54) is 24.4 Å². The average Bonchev–Trinajstić information content (AvgIpc) is 3.11. The number of carbonyl (C=O) groups is 1. The van der Waals surface area contributed by atoms with Gasteiger partial charge in [-0.15, -0.1) is 5.10 Å². The largest absolute Gasteiger partial charge is 0.342 e. The fourth-order valence-electron chi connectivity index (χ4n) is 2.75. The van der Waals surface area contributed by atoms with Crippen molar-refractivity contribution in [2.75, 3.05) is 12.5 Å². The molecule has 3 aromatic rings. The molecule has 2 aromatic heterocycles. The lowest BCUT2D eigenvalue weighted by molar-refractivity contribution is 0.0937. The number of benzene rings is 1. The normalized spacial score (nSPS) is 12.5. The van der Waals surface area contributed by atoms with E-state index in [4.69, 9.17) is 23.2 Å². The molecular weight excluding hydrogens is 481 g/mol. The van der Waals surface area contributed by atoms with Gasteiger partial charge in [0.1, 0.15) is 0 Å². The van der Waals surface area contributed by atoms with Crippen molar-refractivity contribution in [1.29, 1.82) is 0 Å². The Balaban J connectivity index is 1.93. The number of nitrogens with zero attached hydrogens (tertiary/aromatic N) is 4. The molecule has 0 saturated carbocycles. The van der Waals surface area contributed by atoms with E-state index in [9.17, 15) is 13.2 Å². The van der Waals surface area contributed by atoms with Gasteiger partial charge in [-0.25, -0.2) is 18.4 Å². The zero-order valence-corrected chi connectivity index (χ0v) is 20.0. The van der Waals surface area contributed by atoms with E-state index in [1.807, 2.05) is 6.26 Å². The fourth-order valence-corrected chi connectivity index (χ4v) is 4.23. The molecule has 12 heteroatoms. The summed E-state index contributed by atoms with van der Waals surface area (Å²) in [5.41, 5.74) is 0.125. The van der Waals surface area contributed by atoms with Gasteiger partial charge in [0.05, 0.1) is 21.7 Å². The van der Waals surface area contributed by atoms with E-state index >= 15 is 0 Å². The molecule has 1 aromatic carbocycles. The molecule has 1 atom stereocenters. The highest BCUT2D eigenvalue weighted by Gasteiger charge is 2.22. The molecule has 1 N–H and O–H groups in total. The van der Waals surface area contributed by atoms with Crippen LogP contribution < -0.4 is 5.32 Å². The van der Waals surface area contributed by atoms with Crippen molar-refractivity contribution >= 4 is 50.7 Å². The summed E-state index contributed by atoms with van der Waals surface area (Å²) in [7, 11) is -3.52. The van der Waals surface area contributed by atoms with Crippen LogP contribution in [-0.4, -0.2) is 46.6 Å². The van der Waals surface area contributed by atoms with E-state index in [-0.39, 0.29) is 15.5 Å². The van der Waals surface area contributed by atoms with Gasteiger partial charge in [-0.05, 0) is 43.5 Å².